The minimum Gasteiger partial charge on any atom is -0.312 e. The Bertz CT molecular complexity index is 327. The highest BCUT2D eigenvalue weighted by atomic mass is 35.5. The summed E-state index contributed by atoms with van der Waals surface area (Å²) in [4.78, 5) is 3.78. The van der Waals surface area contributed by atoms with Crippen LogP contribution in [0.1, 0.15) is 17.7 Å². The molecule has 90 valence electrons. The number of halogens is 1. The van der Waals surface area contributed by atoms with Gasteiger partial charge in [-0.15, -0.1) is 11.3 Å². The predicted molar refractivity (Wildman–Crippen MR) is 71.6 cm³/mol. The van der Waals surface area contributed by atoms with Gasteiger partial charge in [0.05, 0.1) is 4.34 Å². The smallest absolute Gasteiger partial charge is 0.0931 e. The molecule has 1 unspecified atom stereocenters. The summed E-state index contributed by atoms with van der Waals surface area (Å²) in [5.74, 6) is 0. The fourth-order valence-electron chi connectivity index (χ4n) is 2.22. The first-order chi connectivity index (χ1) is 7.74. The Morgan fingerprint density at radius 2 is 2.44 bits per heavy atom. The average molecular weight is 259 g/mol. The van der Waals surface area contributed by atoms with Gasteiger partial charge in [-0.3, -0.25) is 0 Å². The lowest BCUT2D eigenvalue weighted by molar-refractivity contribution is 0.228. The summed E-state index contributed by atoms with van der Waals surface area (Å²) in [7, 11) is 2.20. The number of nitrogens with one attached hydrogen (secondary N) is 1. The molecule has 1 N–H and O–H groups in total. The van der Waals surface area contributed by atoms with Gasteiger partial charge in [-0.2, -0.15) is 0 Å². The molecule has 4 heteroatoms. The van der Waals surface area contributed by atoms with Crippen molar-refractivity contribution in [3.05, 3.63) is 21.3 Å². The normalized spacial score (nSPS) is 22.5. The number of likely N-dealkylation sites (tertiary alicyclic amines) is 1. The van der Waals surface area contributed by atoms with Crippen molar-refractivity contribution >= 4 is 22.9 Å². The molecule has 0 spiro atoms. The monoisotopic (exact) mass is 258 g/mol. The van der Waals surface area contributed by atoms with Crippen molar-refractivity contribution in [3.8, 4) is 0 Å². The molecule has 0 amide bonds. The lowest BCUT2D eigenvalue weighted by Crippen LogP contribution is -2.44. The zero-order valence-corrected chi connectivity index (χ0v) is 11.3. The first-order valence-corrected chi connectivity index (χ1v) is 7.09. The van der Waals surface area contributed by atoms with E-state index in [0.29, 0.717) is 6.04 Å². The van der Waals surface area contributed by atoms with Crippen molar-refractivity contribution < 1.29 is 0 Å². The molecule has 1 fully saturated rings. The largest absolute Gasteiger partial charge is 0.312 e. The highest BCUT2D eigenvalue weighted by Crippen LogP contribution is 2.21. The van der Waals surface area contributed by atoms with Gasteiger partial charge in [0.2, 0.25) is 0 Å². The first kappa shape index (κ1) is 12.4. The second-order valence-electron chi connectivity index (χ2n) is 4.51. The van der Waals surface area contributed by atoms with Crippen LogP contribution in [-0.2, 0) is 6.42 Å². The van der Waals surface area contributed by atoms with Crippen LogP contribution >= 0.6 is 22.9 Å². The number of hydrogen-bond donors (Lipinski definition) is 1. The molecule has 2 rings (SSSR count). The number of likely N-dealkylation sites (N-methyl/N-ethyl adjacent to an activating group) is 1. The van der Waals surface area contributed by atoms with Gasteiger partial charge in [-0.05, 0) is 45.0 Å². The van der Waals surface area contributed by atoms with Gasteiger partial charge in [0, 0.05) is 24.0 Å². The summed E-state index contributed by atoms with van der Waals surface area (Å²) in [6, 6.07) is 4.78. The van der Waals surface area contributed by atoms with Crippen LogP contribution in [0.2, 0.25) is 4.34 Å². The summed E-state index contributed by atoms with van der Waals surface area (Å²) in [5, 5.41) is 3.63. The van der Waals surface area contributed by atoms with E-state index in [1.807, 2.05) is 6.07 Å². The average Bonchev–Trinajstić information content (AvgIpc) is 2.64. The number of piperidine rings is 1. The summed E-state index contributed by atoms with van der Waals surface area (Å²) < 4.78 is 0.896. The Kier molecular flexibility index (Phi) is 4.65. The number of thiophene rings is 1. The SMILES string of the molecule is CN1CCCC(NCCc2ccc(Cl)s2)C1. The third-order valence-electron chi connectivity index (χ3n) is 3.06. The molecule has 16 heavy (non-hydrogen) atoms. The lowest BCUT2D eigenvalue weighted by Gasteiger charge is -2.30. The van der Waals surface area contributed by atoms with E-state index in [1.165, 1.54) is 30.8 Å². The summed E-state index contributed by atoms with van der Waals surface area (Å²) >= 11 is 7.59. The summed E-state index contributed by atoms with van der Waals surface area (Å²) in [5.41, 5.74) is 0. The zero-order valence-electron chi connectivity index (χ0n) is 9.71. The molecule has 1 atom stereocenters. The van der Waals surface area contributed by atoms with Crippen LogP contribution in [0.5, 0.6) is 0 Å². The van der Waals surface area contributed by atoms with Gasteiger partial charge in [0.1, 0.15) is 0 Å². The molecular formula is C12H19ClN2S. The van der Waals surface area contributed by atoms with Crippen LogP contribution in [-0.4, -0.2) is 37.6 Å². The Balaban J connectivity index is 1.67. The molecule has 1 aromatic rings. The Hall–Kier alpha value is -0.0900. The summed E-state index contributed by atoms with van der Waals surface area (Å²) in [6.45, 7) is 3.50. The van der Waals surface area contributed by atoms with Gasteiger partial charge in [-0.25, -0.2) is 0 Å². The molecule has 0 saturated carbocycles. The number of nitrogens with zero attached hydrogens (tertiary/aromatic N) is 1. The minimum atomic E-state index is 0.675. The van der Waals surface area contributed by atoms with Crippen molar-refractivity contribution in [2.45, 2.75) is 25.3 Å². The molecule has 1 aliphatic rings. The fourth-order valence-corrected chi connectivity index (χ4v) is 3.31. The summed E-state index contributed by atoms with van der Waals surface area (Å²) in [6.07, 6.45) is 3.73. The van der Waals surface area contributed by atoms with Crippen molar-refractivity contribution in [2.75, 3.05) is 26.7 Å². The molecule has 2 heterocycles. The molecule has 2 nitrogen and oxygen atoms in total. The van der Waals surface area contributed by atoms with E-state index in [2.05, 4.69) is 23.3 Å². The quantitative estimate of drug-likeness (QED) is 0.893. The van der Waals surface area contributed by atoms with E-state index >= 15 is 0 Å². The maximum atomic E-state index is 5.90. The Morgan fingerprint density at radius 1 is 1.56 bits per heavy atom. The van der Waals surface area contributed by atoms with E-state index in [4.69, 9.17) is 11.6 Å². The van der Waals surface area contributed by atoms with Crippen LogP contribution < -0.4 is 5.32 Å². The molecule has 0 aromatic carbocycles. The van der Waals surface area contributed by atoms with Gasteiger partial charge < -0.3 is 10.2 Å². The predicted octanol–water partition coefficient (Wildman–Crippen LogP) is 2.63. The molecule has 1 aromatic heterocycles. The molecule has 1 saturated heterocycles. The third-order valence-corrected chi connectivity index (χ3v) is 4.35. The number of hydrogen-bond acceptors (Lipinski definition) is 3. The van der Waals surface area contributed by atoms with Gasteiger partial charge >= 0.3 is 0 Å². The van der Waals surface area contributed by atoms with E-state index in [9.17, 15) is 0 Å². The lowest BCUT2D eigenvalue weighted by atomic mass is 10.1. The van der Waals surface area contributed by atoms with Crippen LogP contribution in [0, 0.1) is 0 Å². The van der Waals surface area contributed by atoms with Gasteiger partial charge in [0.15, 0.2) is 0 Å². The van der Waals surface area contributed by atoms with E-state index in [0.717, 1.165) is 17.3 Å². The zero-order chi connectivity index (χ0) is 11.4. The number of rotatable bonds is 4. The van der Waals surface area contributed by atoms with Crippen LogP contribution in [0.15, 0.2) is 12.1 Å². The highest BCUT2D eigenvalue weighted by molar-refractivity contribution is 7.16. The topological polar surface area (TPSA) is 15.3 Å². The van der Waals surface area contributed by atoms with Crippen LogP contribution in [0.25, 0.3) is 0 Å². The molecule has 0 aliphatic carbocycles. The van der Waals surface area contributed by atoms with Crippen molar-refractivity contribution in [3.63, 3.8) is 0 Å². The van der Waals surface area contributed by atoms with Crippen molar-refractivity contribution in [2.24, 2.45) is 0 Å². The molecule has 0 bridgehead atoms. The van der Waals surface area contributed by atoms with Crippen LogP contribution in [0.3, 0.4) is 0 Å². The third kappa shape index (κ3) is 3.74. The van der Waals surface area contributed by atoms with E-state index in [-0.39, 0.29) is 0 Å². The first-order valence-electron chi connectivity index (χ1n) is 5.90. The van der Waals surface area contributed by atoms with Gasteiger partial charge in [-0.1, -0.05) is 11.6 Å². The van der Waals surface area contributed by atoms with Gasteiger partial charge in [0.25, 0.3) is 0 Å². The second kappa shape index (κ2) is 6.01. The maximum Gasteiger partial charge on any atom is 0.0931 e. The fraction of sp³-hybridized carbons (Fsp3) is 0.667. The van der Waals surface area contributed by atoms with E-state index < -0.39 is 0 Å². The molecule has 1 aliphatic heterocycles. The maximum absolute atomic E-state index is 5.90. The minimum absolute atomic E-state index is 0.675. The second-order valence-corrected chi connectivity index (χ2v) is 6.31. The Morgan fingerprint density at radius 3 is 3.12 bits per heavy atom. The van der Waals surface area contributed by atoms with Crippen molar-refractivity contribution in [1.29, 1.82) is 0 Å². The Labute approximate surface area is 107 Å². The van der Waals surface area contributed by atoms with Crippen molar-refractivity contribution in [1.82, 2.24) is 10.2 Å². The standard InChI is InChI=1S/C12H19ClN2S/c1-15-8-2-3-10(9-15)14-7-6-11-4-5-12(13)16-11/h4-5,10,14H,2-3,6-9H2,1H3. The highest BCUT2D eigenvalue weighted by Gasteiger charge is 2.15. The van der Waals surface area contributed by atoms with Crippen LogP contribution in [0.4, 0.5) is 0 Å². The van der Waals surface area contributed by atoms with E-state index in [1.54, 1.807) is 11.3 Å². The molecule has 0 radical (unpaired) electrons. The molecular weight excluding hydrogens is 240 g/mol.